The van der Waals surface area contributed by atoms with Gasteiger partial charge in [-0.3, -0.25) is 0 Å². The predicted octanol–water partition coefficient (Wildman–Crippen LogP) is 4.19. The van der Waals surface area contributed by atoms with Crippen molar-refractivity contribution in [3.8, 4) is 11.5 Å². The quantitative estimate of drug-likeness (QED) is 0.510. The minimum Gasteiger partial charge on any atom is -0.506 e. The number of aromatic hydroxyl groups is 2. The summed E-state index contributed by atoms with van der Waals surface area (Å²) >= 11 is 12.0. The molecule has 26 heavy (non-hydrogen) atoms. The Bertz CT molecular complexity index is 721. The van der Waals surface area contributed by atoms with Crippen molar-refractivity contribution >= 4 is 23.2 Å². The zero-order chi connectivity index (χ0) is 19.1. The van der Waals surface area contributed by atoms with E-state index in [2.05, 4.69) is 0 Å². The molecule has 0 aliphatic rings. The average molecular weight is 399 g/mol. The Morgan fingerprint density at radius 1 is 0.769 bits per heavy atom. The van der Waals surface area contributed by atoms with E-state index in [1.165, 1.54) is 0 Å². The Balaban J connectivity index is 2.17. The summed E-state index contributed by atoms with van der Waals surface area (Å²) < 4.78 is 0. The first-order chi connectivity index (χ1) is 12.4. The van der Waals surface area contributed by atoms with E-state index in [1.807, 2.05) is 6.07 Å². The minimum absolute atomic E-state index is 0.000403. The molecule has 2 aromatic rings. The van der Waals surface area contributed by atoms with Gasteiger partial charge in [0, 0.05) is 13.2 Å². The van der Waals surface area contributed by atoms with Crippen molar-refractivity contribution in [1.29, 1.82) is 0 Å². The molecule has 2 atom stereocenters. The van der Waals surface area contributed by atoms with Crippen LogP contribution in [0.3, 0.4) is 0 Å². The van der Waals surface area contributed by atoms with Crippen molar-refractivity contribution < 1.29 is 20.4 Å². The van der Waals surface area contributed by atoms with Gasteiger partial charge in [0.1, 0.15) is 11.5 Å². The van der Waals surface area contributed by atoms with Crippen LogP contribution in [0, 0.1) is 11.8 Å². The van der Waals surface area contributed by atoms with Crippen molar-refractivity contribution in [2.75, 3.05) is 13.2 Å². The van der Waals surface area contributed by atoms with Crippen molar-refractivity contribution in [2.24, 2.45) is 11.8 Å². The van der Waals surface area contributed by atoms with Crippen molar-refractivity contribution in [1.82, 2.24) is 0 Å². The van der Waals surface area contributed by atoms with E-state index in [0.29, 0.717) is 24.3 Å². The lowest BCUT2D eigenvalue weighted by Crippen LogP contribution is -2.23. The molecule has 6 heteroatoms. The molecule has 142 valence electrons. The van der Waals surface area contributed by atoms with E-state index in [9.17, 15) is 20.4 Å². The van der Waals surface area contributed by atoms with Gasteiger partial charge in [0.2, 0.25) is 0 Å². The predicted molar refractivity (Wildman–Crippen MR) is 104 cm³/mol. The van der Waals surface area contributed by atoms with Crippen LogP contribution >= 0.6 is 23.2 Å². The normalized spacial score (nSPS) is 13.5. The molecule has 0 unspecified atom stereocenters. The highest BCUT2D eigenvalue weighted by Gasteiger charge is 2.22. The fraction of sp³-hybridized carbons (Fsp3) is 0.400. The van der Waals surface area contributed by atoms with Crippen LogP contribution < -0.4 is 0 Å². The van der Waals surface area contributed by atoms with Crippen LogP contribution in [-0.4, -0.2) is 33.6 Å². The topological polar surface area (TPSA) is 80.9 Å². The van der Waals surface area contributed by atoms with Crippen LogP contribution in [-0.2, 0) is 12.8 Å². The van der Waals surface area contributed by atoms with Crippen LogP contribution in [0.1, 0.15) is 24.0 Å². The fourth-order valence-electron chi connectivity index (χ4n) is 3.20. The van der Waals surface area contributed by atoms with E-state index in [0.717, 1.165) is 17.5 Å². The summed E-state index contributed by atoms with van der Waals surface area (Å²) in [5.41, 5.74) is 1.91. The zero-order valence-corrected chi connectivity index (χ0v) is 15.9. The maximum atomic E-state index is 9.95. The monoisotopic (exact) mass is 398 g/mol. The summed E-state index contributed by atoms with van der Waals surface area (Å²) in [4.78, 5) is 0. The summed E-state index contributed by atoms with van der Waals surface area (Å²) in [5, 5.41) is 38.9. The summed E-state index contributed by atoms with van der Waals surface area (Å²) in [6, 6.07) is 10.2. The molecule has 2 aromatic carbocycles. The third-order valence-corrected chi connectivity index (χ3v) is 5.26. The molecule has 0 bridgehead atoms. The van der Waals surface area contributed by atoms with Gasteiger partial charge in [0.25, 0.3) is 0 Å². The Labute approximate surface area is 163 Å². The van der Waals surface area contributed by atoms with E-state index in [4.69, 9.17) is 23.2 Å². The highest BCUT2D eigenvalue weighted by molar-refractivity contribution is 6.32. The van der Waals surface area contributed by atoms with Gasteiger partial charge in [-0.25, -0.2) is 0 Å². The molecule has 0 amide bonds. The lowest BCUT2D eigenvalue weighted by Gasteiger charge is -2.26. The molecule has 4 N–H and O–H groups in total. The van der Waals surface area contributed by atoms with E-state index >= 15 is 0 Å². The smallest absolute Gasteiger partial charge is 0.134 e. The van der Waals surface area contributed by atoms with Crippen LogP contribution in [0.5, 0.6) is 11.5 Å². The number of hydrogen-bond donors (Lipinski definition) is 4. The van der Waals surface area contributed by atoms with Gasteiger partial charge in [-0.2, -0.15) is 0 Å². The second-order valence-electron chi connectivity index (χ2n) is 6.55. The highest BCUT2D eigenvalue weighted by Crippen LogP contribution is 2.31. The molecule has 0 heterocycles. The van der Waals surface area contributed by atoms with Crippen LogP contribution in [0.25, 0.3) is 0 Å². The van der Waals surface area contributed by atoms with Gasteiger partial charge in [0.15, 0.2) is 0 Å². The van der Waals surface area contributed by atoms with E-state index < -0.39 is 0 Å². The zero-order valence-electron chi connectivity index (χ0n) is 14.4. The highest BCUT2D eigenvalue weighted by atomic mass is 35.5. The van der Waals surface area contributed by atoms with Crippen LogP contribution in [0.4, 0.5) is 0 Å². The molecule has 0 saturated heterocycles. The number of halogens is 2. The molecule has 2 rings (SSSR count). The van der Waals surface area contributed by atoms with Gasteiger partial charge in [-0.05, 0) is 72.9 Å². The number of aliphatic hydroxyl groups is 2. The average Bonchev–Trinajstić information content (AvgIpc) is 2.62. The van der Waals surface area contributed by atoms with Gasteiger partial charge in [-0.15, -0.1) is 0 Å². The Hall–Kier alpha value is -1.46. The van der Waals surface area contributed by atoms with Gasteiger partial charge < -0.3 is 20.4 Å². The second kappa shape index (κ2) is 10.0. The first kappa shape index (κ1) is 20.8. The number of hydrogen-bond acceptors (Lipinski definition) is 4. The lowest BCUT2D eigenvalue weighted by molar-refractivity contribution is 0.158. The maximum Gasteiger partial charge on any atom is 0.134 e. The SMILES string of the molecule is OCCC[C@@H](Cc1ccc(O)c(Cl)c1)[C@@H](CO)Cc1ccc(O)c(Cl)c1. The van der Waals surface area contributed by atoms with Gasteiger partial charge in [-0.1, -0.05) is 35.3 Å². The summed E-state index contributed by atoms with van der Waals surface area (Å²) in [7, 11) is 0. The molecule has 0 radical (unpaired) electrons. The third kappa shape index (κ3) is 5.78. The van der Waals surface area contributed by atoms with Crippen LogP contribution in [0.15, 0.2) is 36.4 Å². The van der Waals surface area contributed by atoms with E-state index in [-0.39, 0.29) is 41.6 Å². The molecule has 0 spiro atoms. The number of phenolic OH excluding ortho intramolecular Hbond substituents is 2. The first-order valence-corrected chi connectivity index (χ1v) is 9.36. The lowest BCUT2D eigenvalue weighted by atomic mass is 9.80. The Morgan fingerprint density at radius 2 is 1.27 bits per heavy atom. The molecule has 0 aliphatic heterocycles. The summed E-state index contributed by atoms with van der Waals surface area (Å²) in [6.07, 6.45) is 2.69. The van der Waals surface area contributed by atoms with Crippen molar-refractivity contribution in [3.05, 3.63) is 57.6 Å². The molecule has 0 aromatic heterocycles. The molecule has 0 saturated carbocycles. The number of rotatable bonds is 9. The number of benzene rings is 2. The van der Waals surface area contributed by atoms with Crippen molar-refractivity contribution in [2.45, 2.75) is 25.7 Å². The molecular weight excluding hydrogens is 375 g/mol. The Morgan fingerprint density at radius 3 is 1.69 bits per heavy atom. The second-order valence-corrected chi connectivity index (χ2v) is 7.36. The maximum absolute atomic E-state index is 9.95. The first-order valence-electron chi connectivity index (χ1n) is 8.61. The molecule has 0 aliphatic carbocycles. The third-order valence-electron chi connectivity index (χ3n) is 4.65. The van der Waals surface area contributed by atoms with Gasteiger partial charge >= 0.3 is 0 Å². The van der Waals surface area contributed by atoms with Crippen LogP contribution in [0.2, 0.25) is 10.0 Å². The Kier molecular flexibility index (Phi) is 8.04. The molecular formula is C20H24Cl2O4. The minimum atomic E-state index is -0.0326. The summed E-state index contributed by atoms with van der Waals surface area (Å²) in [6.45, 7) is 0.0937. The van der Waals surface area contributed by atoms with E-state index in [1.54, 1.807) is 30.3 Å². The van der Waals surface area contributed by atoms with Gasteiger partial charge in [0.05, 0.1) is 10.0 Å². The molecule has 0 fully saturated rings. The largest absolute Gasteiger partial charge is 0.506 e. The standard InChI is InChI=1S/C20H24Cl2O4/c21-17-10-13(3-5-19(17)25)8-15(2-1-7-23)16(12-24)9-14-4-6-20(26)18(22)11-14/h3-6,10-11,15-16,23-26H,1-2,7-9,12H2/t15-,16+/m0/s1. The molecule has 4 nitrogen and oxygen atoms in total. The number of aliphatic hydroxyl groups excluding tert-OH is 2. The fourth-order valence-corrected chi connectivity index (χ4v) is 3.60. The van der Waals surface area contributed by atoms with Crippen molar-refractivity contribution in [3.63, 3.8) is 0 Å². The number of phenols is 2. The summed E-state index contributed by atoms with van der Waals surface area (Å²) in [5.74, 6) is 0.168.